The van der Waals surface area contributed by atoms with Gasteiger partial charge in [-0.2, -0.15) is 0 Å². The minimum atomic E-state index is 0.0207. The van der Waals surface area contributed by atoms with Gasteiger partial charge in [-0.3, -0.25) is 4.79 Å². The van der Waals surface area contributed by atoms with Crippen molar-refractivity contribution in [3.05, 3.63) is 95.8 Å². The van der Waals surface area contributed by atoms with Gasteiger partial charge in [0.2, 0.25) is 5.91 Å². The van der Waals surface area contributed by atoms with Crippen LogP contribution >= 0.6 is 0 Å². The zero-order valence-corrected chi connectivity index (χ0v) is 14.6. The average molecular weight is 332 g/mol. The monoisotopic (exact) mass is 332 g/mol. The van der Waals surface area contributed by atoms with E-state index in [1.165, 1.54) is 11.1 Å². The molecule has 25 heavy (non-hydrogen) atoms. The van der Waals surface area contributed by atoms with Gasteiger partial charge in [0.15, 0.2) is 0 Å². The Balaban J connectivity index is 1.62. The predicted molar refractivity (Wildman–Crippen MR) is 102 cm³/mol. The lowest BCUT2D eigenvalue weighted by molar-refractivity contribution is -0.121. The second kappa shape index (κ2) is 8.34. The van der Waals surface area contributed by atoms with Crippen LogP contribution in [0.15, 0.2) is 79.1 Å². The van der Waals surface area contributed by atoms with E-state index >= 15 is 0 Å². The molecule has 3 heteroatoms. The Kier molecular flexibility index (Phi) is 5.68. The van der Waals surface area contributed by atoms with E-state index in [1.54, 1.807) is 0 Å². The lowest BCUT2D eigenvalue weighted by Crippen LogP contribution is -2.28. The predicted octanol–water partition coefficient (Wildman–Crippen LogP) is 4.13. The third-order valence-corrected chi connectivity index (χ3v) is 4.41. The summed E-state index contributed by atoms with van der Waals surface area (Å²) in [5.74, 6) is 0.0789. The van der Waals surface area contributed by atoms with Crippen LogP contribution in [-0.2, 0) is 11.2 Å². The average Bonchev–Trinajstić information content (AvgIpc) is 3.16. The van der Waals surface area contributed by atoms with Crippen molar-refractivity contribution in [3.8, 4) is 0 Å². The van der Waals surface area contributed by atoms with Crippen LogP contribution in [0.1, 0.15) is 29.2 Å². The fraction of sp³-hybridized carbons (Fsp3) is 0.227. The molecule has 1 heterocycles. The first-order valence-corrected chi connectivity index (χ1v) is 8.72. The van der Waals surface area contributed by atoms with Crippen LogP contribution in [-0.4, -0.2) is 17.0 Å². The van der Waals surface area contributed by atoms with Gasteiger partial charge in [-0.25, -0.2) is 0 Å². The highest BCUT2D eigenvalue weighted by atomic mass is 16.1. The fourth-order valence-electron chi connectivity index (χ4n) is 2.98. The van der Waals surface area contributed by atoms with E-state index in [4.69, 9.17) is 0 Å². The lowest BCUT2D eigenvalue weighted by atomic mass is 10.0. The fourth-order valence-corrected chi connectivity index (χ4v) is 2.98. The Morgan fingerprint density at radius 3 is 2.32 bits per heavy atom. The van der Waals surface area contributed by atoms with E-state index in [2.05, 4.69) is 53.2 Å². The van der Waals surface area contributed by atoms with Gasteiger partial charge in [-0.1, -0.05) is 60.2 Å². The minimum Gasteiger partial charge on any atom is -0.356 e. The zero-order chi connectivity index (χ0) is 17.5. The minimum absolute atomic E-state index is 0.0207. The first-order chi connectivity index (χ1) is 12.2. The highest BCUT2D eigenvalue weighted by Crippen LogP contribution is 2.22. The SMILES string of the molecule is Cc1ccc([C@H](CC(=O)NCCc2ccccc2)n2cccc2)cc1. The summed E-state index contributed by atoms with van der Waals surface area (Å²) in [4.78, 5) is 12.5. The molecule has 3 rings (SSSR count). The van der Waals surface area contributed by atoms with E-state index in [-0.39, 0.29) is 11.9 Å². The number of aromatic nitrogens is 1. The Morgan fingerprint density at radius 1 is 0.960 bits per heavy atom. The summed E-state index contributed by atoms with van der Waals surface area (Å²) in [6.45, 7) is 2.74. The van der Waals surface area contributed by atoms with Gasteiger partial charge in [0.1, 0.15) is 0 Å². The van der Waals surface area contributed by atoms with Crippen molar-refractivity contribution in [2.24, 2.45) is 0 Å². The summed E-state index contributed by atoms with van der Waals surface area (Å²) in [6, 6.07) is 22.6. The Hall–Kier alpha value is -2.81. The molecule has 0 fully saturated rings. The molecule has 0 bridgehead atoms. The maximum Gasteiger partial charge on any atom is 0.222 e. The summed E-state index contributed by atoms with van der Waals surface area (Å²) in [5, 5.41) is 3.05. The van der Waals surface area contributed by atoms with Gasteiger partial charge >= 0.3 is 0 Å². The van der Waals surface area contributed by atoms with Crippen molar-refractivity contribution in [2.45, 2.75) is 25.8 Å². The molecule has 1 N–H and O–H groups in total. The van der Waals surface area contributed by atoms with Crippen LogP contribution in [0.3, 0.4) is 0 Å². The molecule has 1 aromatic heterocycles. The largest absolute Gasteiger partial charge is 0.356 e. The van der Waals surface area contributed by atoms with Crippen LogP contribution in [0.5, 0.6) is 0 Å². The van der Waals surface area contributed by atoms with E-state index in [0.717, 1.165) is 12.0 Å². The second-order valence-electron chi connectivity index (χ2n) is 6.35. The molecule has 0 saturated carbocycles. The Labute approximate surface area is 149 Å². The third-order valence-electron chi connectivity index (χ3n) is 4.41. The summed E-state index contributed by atoms with van der Waals surface area (Å²) in [7, 11) is 0. The molecule has 0 spiro atoms. The zero-order valence-electron chi connectivity index (χ0n) is 14.6. The summed E-state index contributed by atoms with van der Waals surface area (Å²) in [6.07, 6.45) is 5.32. The maximum absolute atomic E-state index is 12.5. The van der Waals surface area contributed by atoms with Crippen LogP contribution in [0.4, 0.5) is 0 Å². The van der Waals surface area contributed by atoms with Gasteiger partial charge in [0.25, 0.3) is 0 Å². The Morgan fingerprint density at radius 2 is 1.64 bits per heavy atom. The van der Waals surface area contributed by atoms with Gasteiger partial charge in [-0.05, 0) is 36.6 Å². The van der Waals surface area contributed by atoms with Crippen molar-refractivity contribution >= 4 is 5.91 Å². The molecule has 2 aromatic carbocycles. The van der Waals surface area contributed by atoms with E-state index in [9.17, 15) is 4.79 Å². The van der Waals surface area contributed by atoms with Gasteiger partial charge in [0.05, 0.1) is 12.5 Å². The maximum atomic E-state index is 12.5. The number of hydrogen-bond donors (Lipinski definition) is 1. The topological polar surface area (TPSA) is 34.0 Å². The molecule has 0 aliphatic heterocycles. The second-order valence-corrected chi connectivity index (χ2v) is 6.35. The van der Waals surface area contributed by atoms with E-state index in [0.29, 0.717) is 13.0 Å². The number of nitrogens with one attached hydrogen (secondary N) is 1. The highest BCUT2D eigenvalue weighted by molar-refractivity contribution is 5.76. The van der Waals surface area contributed by atoms with Crippen molar-refractivity contribution < 1.29 is 4.79 Å². The number of carbonyl (C=O) groups excluding carboxylic acids is 1. The van der Waals surface area contributed by atoms with E-state index < -0.39 is 0 Å². The van der Waals surface area contributed by atoms with Crippen LogP contribution in [0, 0.1) is 6.92 Å². The molecule has 0 aliphatic carbocycles. The number of hydrogen-bond acceptors (Lipinski definition) is 1. The number of carbonyl (C=O) groups is 1. The summed E-state index contributed by atoms with van der Waals surface area (Å²) < 4.78 is 2.10. The van der Waals surface area contributed by atoms with E-state index in [1.807, 2.05) is 42.7 Å². The first kappa shape index (κ1) is 17.0. The van der Waals surface area contributed by atoms with Crippen molar-refractivity contribution in [2.75, 3.05) is 6.54 Å². The standard InChI is InChI=1S/C22H24N2O/c1-18-9-11-20(12-10-18)21(24-15-5-6-16-24)17-22(25)23-14-13-19-7-3-2-4-8-19/h2-12,15-16,21H,13-14,17H2,1H3,(H,23,25)/t21-/m0/s1. The molecular weight excluding hydrogens is 308 g/mol. The van der Waals surface area contributed by atoms with Crippen LogP contribution in [0.25, 0.3) is 0 Å². The van der Waals surface area contributed by atoms with Crippen LogP contribution < -0.4 is 5.32 Å². The first-order valence-electron chi connectivity index (χ1n) is 8.72. The quantitative estimate of drug-likeness (QED) is 0.693. The number of rotatable bonds is 7. The lowest BCUT2D eigenvalue weighted by Gasteiger charge is -2.19. The molecule has 0 saturated heterocycles. The number of amides is 1. The van der Waals surface area contributed by atoms with Crippen molar-refractivity contribution in [1.82, 2.24) is 9.88 Å². The van der Waals surface area contributed by atoms with Crippen LogP contribution in [0.2, 0.25) is 0 Å². The van der Waals surface area contributed by atoms with Gasteiger partial charge in [0, 0.05) is 18.9 Å². The summed E-state index contributed by atoms with van der Waals surface area (Å²) in [5.41, 5.74) is 3.62. The molecular formula is C22H24N2O. The molecule has 3 nitrogen and oxygen atoms in total. The Bertz CT molecular complexity index is 777. The van der Waals surface area contributed by atoms with Crippen molar-refractivity contribution in [3.63, 3.8) is 0 Å². The molecule has 3 aromatic rings. The molecule has 0 aliphatic rings. The number of aryl methyl sites for hydroxylation is 1. The molecule has 1 amide bonds. The molecule has 0 radical (unpaired) electrons. The van der Waals surface area contributed by atoms with Crippen molar-refractivity contribution in [1.29, 1.82) is 0 Å². The summed E-state index contributed by atoms with van der Waals surface area (Å²) >= 11 is 0. The third kappa shape index (κ3) is 4.83. The van der Waals surface area contributed by atoms with Gasteiger partial charge in [-0.15, -0.1) is 0 Å². The molecule has 0 unspecified atom stereocenters. The smallest absolute Gasteiger partial charge is 0.222 e. The highest BCUT2D eigenvalue weighted by Gasteiger charge is 2.17. The van der Waals surface area contributed by atoms with Gasteiger partial charge < -0.3 is 9.88 Å². The molecule has 1 atom stereocenters. The molecule has 128 valence electrons. The number of benzene rings is 2. The number of nitrogens with zero attached hydrogens (tertiary/aromatic N) is 1. The normalized spacial score (nSPS) is 11.9.